The summed E-state index contributed by atoms with van der Waals surface area (Å²) in [5.74, 6) is -2.25. The maximum Gasteiger partial charge on any atom is 0.316 e. The van der Waals surface area contributed by atoms with E-state index in [4.69, 9.17) is 5.11 Å². The van der Waals surface area contributed by atoms with Crippen LogP contribution in [0.25, 0.3) is 0 Å². The number of amides is 1. The lowest BCUT2D eigenvalue weighted by Crippen LogP contribution is -2.43. The number of piperidine rings is 1. The van der Waals surface area contributed by atoms with E-state index in [1.807, 2.05) is 31.2 Å². The molecule has 1 aliphatic heterocycles. The number of aryl methyl sites for hydroxylation is 1. The molecule has 0 aliphatic carbocycles. The summed E-state index contributed by atoms with van der Waals surface area (Å²) >= 11 is 0. The molecule has 1 saturated heterocycles. The van der Waals surface area contributed by atoms with Crippen molar-refractivity contribution in [3.8, 4) is 0 Å². The Labute approximate surface area is 99.6 Å². The van der Waals surface area contributed by atoms with E-state index < -0.39 is 11.9 Å². The Morgan fingerprint density at radius 3 is 2.88 bits per heavy atom. The van der Waals surface area contributed by atoms with Crippen LogP contribution < -0.4 is 5.32 Å². The highest BCUT2D eigenvalue weighted by atomic mass is 16.4. The van der Waals surface area contributed by atoms with Crippen molar-refractivity contribution in [1.82, 2.24) is 5.32 Å². The van der Waals surface area contributed by atoms with Crippen LogP contribution in [0.4, 0.5) is 0 Å². The van der Waals surface area contributed by atoms with Gasteiger partial charge in [0.15, 0.2) is 0 Å². The monoisotopic (exact) mass is 233 g/mol. The molecule has 90 valence electrons. The van der Waals surface area contributed by atoms with Gasteiger partial charge in [-0.05, 0) is 18.9 Å². The molecule has 1 fully saturated rings. The molecule has 1 aromatic carbocycles. The normalized spacial score (nSPS) is 24.2. The lowest BCUT2D eigenvalue weighted by molar-refractivity contribution is -0.148. The Bertz CT molecular complexity index is 456. The second-order valence-electron chi connectivity index (χ2n) is 4.48. The van der Waals surface area contributed by atoms with Gasteiger partial charge in [-0.25, -0.2) is 0 Å². The molecule has 0 aromatic heterocycles. The maximum atomic E-state index is 11.4. The number of benzene rings is 1. The van der Waals surface area contributed by atoms with Gasteiger partial charge in [0.1, 0.15) is 5.92 Å². The molecule has 4 nitrogen and oxygen atoms in total. The summed E-state index contributed by atoms with van der Waals surface area (Å²) in [7, 11) is 0. The number of hydrogen-bond donors (Lipinski definition) is 2. The standard InChI is InChI=1S/C13H15NO3/c1-8-3-2-4-9(5-8)10-6-11(13(16)17)12(15)14-7-10/h2-5,10-11H,6-7H2,1H3,(H,14,15)(H,16,17)/t10-,11-/m0/s1. The second kappa shape index (κ2) is 4.57. The summed E-state index contributed by atoms with van der Waals surface area (Å²) in [5, 5.41) is 11.6. The van der Waals surface area contributed by atoms with Crippen molar-refractivity contribution < 1.29 is 14.7 Å². The number of aliphatic carboxylic acids is 1. The van der Waals surface area contributed by atoms with Gasteiger partial charge in [0, 0.05) is 12.5 Å². The third-order valence-electron chi connectivity index (χ3n) is 3.17. The van der Waals surface area contributed by atoms with E-state index in [0.717, 1.165) is 11.1 Å². The topological polar surface area (TPSA) is 66.4 Å². The molecule has 2 rings (SSSR count). The average Bonchev–Trinajstić information content (AvgIpc) is 2.29. The van der Waals surface area contributed by atoms with Gasteiger partial charge in [0.05, 0.1) is 0 Å². The molecule has 2 atom stereocenters. The van der Waals surface area contributed by atoms with Crippen LogP contribution >= 0.6 is 0 Å². The zero-order valence-corrected chi connectivity index (χ0v) is 9.64. The Hall–Kier alpha value is -1.84. The molecule has 1 heterocycles. The highest BCUT2D eigenvalue weighted by molar-refractivity contribution is 5.97. The minimum absolute atomic E-state index is 0.0914. The maximum absolute atomic E-state index is 11.4. The third kappa shape index (κ3) is 2.46. The Kier molecular flexibility index (Phi) is 3.13. The van der Waals surface area contributed by atoms with Crippen LogP contribution in [0.3, 0.4) is 0 Å². The highest BCUT2D eigenvalue weighted by Gasteiger charge is 2.34. The number of hydrogen-bond acceptors (Lipinski definition) is 2. The molecule has 1 aromatic rings. The number of nitrogens with one attached hydrogen (secondary N) is 1. The van der Waals surface area contributed by atoms with Gasteiger partial charge < -0.3 is 10.4 Å². The van der Waals surface area contributed by atoms with Crippen LogP contribution in [-0.2, 0) is 9.59 Å². The van der Waals surface area contributed by atoms with Gasteiger partial charge in [-0.1, -0.05) is 29.8 Å². The van der Waals surface area contributed by atoms with Gasteiger partial charge in [-0.2, -0.15) is 0 Å². The highest BCUT2D eigenvalue weighted by Crippen LogP contribution is 2.27. The molecule has 0 radical (unpaired) electrons. The van der Waals surface area contributed by atoms with Crippen molar-refractivity contribution in [1.29, 1.82) is 0 Å². The van der Waals surface area contributed by atoms with Crippen molar-refractivity contribution in [3.05, 3.63) is 35.4 Å². The first-order valence-corrected chi connectivity index (χ1v) is 5.65. The molecule has 17 heavy (non-hydrogen) atoms. The molecule has 4 heteroatoms. The van der Waals surface area contributed by atoms with Crippen LogP contribution in [0.15, 0.2) is 24.3 Å². The summed E-state index contributed by atoms with van der Waals surface area (Å²) in [6.45, 7) is 2.52. The predicted octanol–water partition coefficient (Wildman–Crippen LogP) is 1.30. The fraction of sp³-hybridized carbons (Fsp3) is 0.385. The quantitative estimate of drug-likeness (QED) is 0.757. The minimum Gasteiger partial charge on any atom is -0.481 e. The summed E-state index contributed by atoms with van der Waals surface area (Å²) in [4.78, 5) is 22.3. The van der Waals surface area contributed by atoms with E-state index in [1.54, 1.807) is 0 Å². The van der Waals surface area contributed by atoms with Crippen molar-refractivity contribution in [2.45, 2.75) is 19.3 Å². The number of rotatable bonds is 2. The van der Waals surface area contributed by atoms with Crippen LogP contribution in [0, 0.1) is 12.8 Å². The molecule has 0 unspecified atom stereocenters. The van der Waals surface area contributed by atoms with Crippen molar-refractivity contribution in [2.24, 2.45) is 5.92 Å². The van der Waals surface area contributed by atoms with E-state index in [2.05, 4.69) is 5.32 Å². The lowest BCUT2D eigenvalue weighted by atomic mass is 9.85. The van der Waals surface area contributed by atoms with Gasteiger partial charge >= 0.3 is 5.97 Å². The van der Waals surface area contributed by atoms with E-state index in [0.29, 0.717) is 13.0 Å². The number of carbonyl (C=O) groups excluding carboxylic acids is 1. The second-order valence-corrected chi connectivity index (χ2v) is 4.48. The van der Waals surface area contributed by atoms with E-state index in [1.165, 1.54) is 0 Å². The van der Waals surface area contributed by atoms with Gasteiger partial charge in [-0.3, -0.25) is 9.59 Å². The molecule has 0 bridgehead atoms. The Morgan fingerprint density at radius 1 is 1.47 bits per heavy atom. The summed E-state index contributed by atoms with van der Waals surface area (Å²) < 4.78 is 0. The Balaban J connectivity index is 2.18. The van der Waals surface area contributed by atoms with Crippen LogP contribution in [-0.4, -0.2) is 23.5 Å². The van der Waals surface area contributed by atoms with Gasteiger partial charge in [0.2, 0.25) is 5.91 Å². The zero-order chi connectivity index (χ0) is 12.4. The van der Waals surface area contributed by atoms with E-state index in [9.17, 15) is 9.59 Å². The molecule has 0 spiro atoms. The summed E-state index contributed by atoms with van der Waals surface area (Å²) in [6, 6.07) is 7.98. The Morgan fingerprint density at radius 2 is 2.24 bits per heavy atom. The van der Waals surface area contributed by atoms with Crippen molar-refractivity contribution >= 4 is 11.9 Å². The van der Waals surface area contributed by atoms with Crippen LogP contribution in [0.5, 0.6) is 0 Å². The minimum atomic E-state index is -1.04. The molecular formula is C13H15NO3. The van der Waals surface area contributed by atoms with E-state index in [-0.39, 0.29) is 11.8 Å². The molecular weight excluding hydrogens is 218 g/mol. The number of carbonyl (C=O) groups is 2. The van der Waals surface area contributed by atoms with Crippen LogP contribution in [0.1, 0.15) is 23.5 Å². The first-order chi connectivity index (χ1) is 8.08. The summed E-state index contributed by atoms with van der Waals surface area (Å²) in [6.07, 6.45) is 0.380. The summed E-state index contributed by atoms with van der Waals surface area (Å²) in [5.41, 5.74) is 2.24. The fourth-order valence-corrected chi connectivity index (χ4v) is 2.21. The first-order valence-electron chi connectivity index (χ1n) is 5.65. The third-order valence-corrected chi connectivity index (χ3v) is 3.17. The van der Waals surface area contributed by atoms with Crippen LogP contribution in [0.2, 0.25) is 0 Å². The van der Waals surface area contributed by atoms with Crippen molar-refractivity contribution in [3.63, 3.8) is 0 Å². The van der Waals surface area contributed by atoms with Gasteiger partial charge in [-0.15, -0.1) is 0 Å². The predicted molar refractivity (Wildman–Crippen MR) is 62.7 cm³/mol. The number of carboxylic acids is 1. The first kappa shape index (κ1) is 11.6. The molecule has 0 saturated carbocycles. The lowest BCUT2D eigenvalue weighted by Gasteiger charge is -2.27. The average molecular weight is 233 g/mol. The number of carboxylic acid groups (broad SMARTS) is 1. The fourth-order valence-electron chi connectivity index (χ4n) is 2.21. The zero-order valence-electron chi connectivity index (χ0n) is 9.64. The van der Waals surface area contributed by atoms with Gasteiger partial charge in [0.25, 0.3) is 0 Å². The smallest absolute Gasteiger partial charge is 0.316 e. The largest absolute Gasteiger partial charge is 0.481 e. The molecule has 2 N–H and O–H groups in total. The molecule has 1 aliphatic rings. The van der Waals surface area contributed by atoms with Crippen molar-refractivity contribution in [2.75, 3.05) is 6.54 Å². The SMILES string of the molecule is Cc1cccc([C@@H]2CNC(=O)[C@@H](C(=O)O)C2)c1. The molecule has 1 amide bonds. The van der Waals surface area contributed by atoms with E-state index >= 15 is 0 Å².